The van der Waals surface area contributed by atoms with Crippen LogP contribution in [0.1, 0.15) is 97.3 Å². The van der Waals surface area contributed by atoms with Crippen LogP contribution in [0.4, 0.5) is 11.4 Å². The summed E-state index contributed by atoms with van der Waals surface area (Å²) < 4.78 is 22.7. The SMILES string of the molecule is CCc1cc(Cc2cc(CC)c(NC(=O)C3=CC(=O)C[C@H](c4ccc(OC)cc4)O3)c(CC)c2Cl)c(Cl)c(CC)c1NC(=O)C1=CC(=O)C[C@@H](c2ccc(OC)cc2)O1. The average Bonchev–Trinajstić information content (AvgIpc) is 3.25. The molecule has 2 atom stereocenters. The first-order valence-electron chi connectivity index (χ1n) is 19.8. The van der Waals surface area contributed by atoms with Crippen molar-refractivity contribution in [3.05, 3.63) is 139 Å². The lowest BCUT2D eigenvalue weighted by Crippen LogP contribution is -2.25. The van der Waals surface area contributed by atoms with Crippen LogP contribution in [0.15, 0.2) is 84.3 Å². The lowest BCUT2D eigenvalue weighted by molar-refractivity contribution is -0.124. The predicted molar refractivity (Wildman–Crippen MR) is 230 cm³/mol. The number of rotatable bonds is 14. The largest absolute Gasteiger partial charge is 0.497 e. The van der Waals surface area contributed by atoms with E-state index in [9.17, 15) is 19.2 Å². The van der Waals surface area contributed by atoms with Crippen LogP contribution in [0, 0.1) is 0 Å². The summed E-state index contributed by atoms with van der Waals surface area (Å²) in [6, 6.07) is 18.4. The normalized spacial score (nSPS) is 16.3. The van der Waals surface area contributed by atoms with Crippen molar-refractivity contribution in [1.82, 2.24) is 0 Å². The molecule has 0 spiro atoms. The maximum atomic E-state index is 13.7. The smallest absolute Gasteiger partial charge is 0.290 e. The highest BCUT2D eigenvalue weighted by Gasteiger charge is 2.30. The topological polar surface area (TPSA) is 129 Å². The van der Waals surface area contributed by atoms with Gasteiger partial charge in [0.05, 0.1) is 27.1 Å². The van der Waals surface area contributed by atoms with E-state index in [0.717, 1.165) is 44.5 Å². The Kier molecular flexibility index (Phi) is 13.8. The predicted octanol–water partition coefficient (Wildman–Crippen LogP) is 9.96. The molecule has 2 heterocycles. The summed E-state index contributed by atoms with van der Waals surface area (Å²) in [6.07, 6.45) is 4.05. The van der Waals surface area contributed by atoms with E-state index in [4.69, 9.17) is 42.1 Å². The number of anilines is 2. The Balaban J connectivity index is 1.24. The van der Waals surface area contributed by atoms with Gasteiger partial charge in [0.2, 0.25) is 0 Å². The highest BCUT2D eigenvalue weighted by molar-refractivity contribution is 6.34. The number of benzene rings is 4. The van der Waals surface area contributed by atoms with Crippen molar-refractivity contribution in [2.75, 3.05) is 24.9 Å². The number of hydrogen-bond donors (Lipinski definition) is 2. The van der Waals surface area contributed by atoms with Crippen LogP contribution in [0.25, 0.3) is 0 Å². The van der Waals surface area contributed by atoms with Crippen LogP contribution in [-0.2, 0) is 60.8 Å². The van der Waals surface area contributed by atoms with E-state index in [1.54, 1.807) is 38.5 Å². The molecule has 2 N–H and O–H groups in total. The Hall–Kier alpha value is -5.58. The van der Waals surface area contributed by atoms with Crippen molar-refractivity contribution in [3.63, 3.8) is 0 Å². The molecular formula is C47H48Cl2N2O8. The van der Waals surface area contributed by atoms with Crippen LogP contribution in [0.5, 0.6) is 11.5 Å². The van der Waals surface area contributed by atoms with E-state index in [1.807, 2.05) is 64.1 Å². The second kappa shape index (κ2) is 19.0. The molecule has 2 amide bonds. The number of amides is 2. The monoisotopic (exact) mass is 838 g/mol. The number of methoxy groups -OCH3 is 2. The number of ether oxygens (including phenoxy) is 4. The first-order valence-corrected chi connectivity index (χ1v) is 20.6. The summed E-state index contributed by atoms with van der Waals surface area (Å²) in [6.45, 7) is 7.92. The number of hydrogen-bond acceptors (Lipinski definition) is 8. The molecule has 308 valence electrons. The molecule has 2 aliphatic heterocycles. The van der Waals surface area contributed by atoms with Gasteiger partial charge in [-0.25, -0.2) is 0 Å². The molecule has 0 aromatic heterocycles. The minimum Gasteiger partial charge on any atom is -0.497 e. The van der Waals surface area contributed by atoms with Crippen LogP contribution < -0.4 is 20.1 Å². The third-order valence-corrected chi connectivity index (χ3v) is 11.6. The van der Waals surface area contributed by atoms with Crippen molar-refractivity contribution in [2.45, 2.75) is 84.8 Å². The number of allylic oxidation sites excluding steroid dienone is 2. The lowest BCUT2D eigenvalue weighted by Gasteiger charge is -2.26. The summed E-state index contributed by atoms with van der Waals surface area (Å²) in [4.78, 5) is 53.0. The van der Waals surface area contributed by atoms with Gasteiger partial charge in [-0.1, -0.05) is 87.3 Å². The van der Waals surface area contributed by atoms with Crippen molar-refractivity contribution in [1.29, 1.82) is 0 Å². The first kappa shape index (κ1) is 43.0. The Morgan fingerprint density at radius 3 is 1.31 bits per heavy atom. The van der Waals surface area contributed by atoms with E-state index >= 15 is 0 Å². The molecule has 0 unspecified atom stereocenters. The maximum absolute atomic E-state index is 13.7. The van der Waals surface area contributed by atoms with Gasteiger partial charge in [0.15, 0.2) is 23.1 Å². The van der Waals surface area contributed by atoms with Gasteiger partial charge in [0.25, 0.3) is 11.8 Å². The number of carbonyl (C=O) groups excluding carboxylic acids is 4. The van der Waals surface area contributed by atoms with E-state index in [1.165, 1.54) is 12.2 Å². The molecular weight excluding hydrogens is 791 g/mol. The molecule has 6 rings (SSSR count). The van der Waals surface area contributed by atoms with Crippen LogP contribution >= 0.6 is 23.2 Å². The zero-order chi connectivity index (χ0) is 42.4. The Morgan fingerprint density at radius 1 is 0.610 bits per heavy atom. The molecule has 0 saturated carbocycles. The average molecular weight is 840 g/mol. The molecule has 59 heavy (non-hydrogen) atoms. The number of aryl methyl sites for hydroxylation is 2. The molecule has 0 radical (unpaired) electrons. The van der Waals surface area contributed by atoms with Gasteiger partial charge >= 0.3 is 0 Å². The molecule has 4 aromatic rings. The highest BCUT2D eigenvalue weighted by Crippen LogP contribution is 2.40. The summed E-state index contributed by atoms with van der Waals surface area (Å²) >= 11 is 14.3. The number of ketones is 2. The molecule has 2 aliphatic rings. The maximum Gasteiger partial charge on any atom is 0.290 e. The zero-order valence-corrected chi connectivity index (χ0v) is 35.6. The second-order valence-electron chi connectivity index (χ2n) is 14.3. The Bertz CT molecular complexity index is 2170. The number of nitrogens with one attached hydrogen (secondary N) is 2. The van der Waals surface area contributed by atoms with Gasteiger partial charge in [-0.2, -0.15) is 0 Å². The Morgan fingerprint density at radius 2 is 0.983 bits per heavy atom. The fourth-order valence-corrected chi connectivity index (χ4v) is 8.21. The summed E-state index contributed by atoms with van der Waals surface area (Å²) in [7, 11) is 3.15. The van der Waals surface area contributed by atoms with Gasteiger partial charge in [-0.15, -0.1) is 0 Å². The van der Waals surface area contributed by atoms with E-state index < -0.39 is 24.0 Å². The van der Waals surface area contributed by atoms with E-state index in [0.29, 0.717) is 65.0 Å². The molecule has 12 heteroatoms. The number of halogens is 2. The summed E-state index contributed by atoms with van der Waals surface area (Å²) in [5.41, 5.74) is 7.54. The molecule has 0 aliphatic carbocycles. The molecule has 0 fully saturated rings. The van der Waals surface area contributed by atoms with Gasteiger partial charge < -0.3 is 29.6 Å². The van der Waals surface area contributed by atoms with Crippen molar-refractivity contribution < 1.29 is 38.1 Å². The molecule has 4 aromatic carbocycles. The minimum absolute atomic E-state index is 0.0699. The number of carbonyl (C=O) groups is 4. The fourth-order valence-electron chi connectivity index (χ4n) is 7.51. The van der Waals surface area contributed by atoms with Crippen molar-refractivity contribution in [3.8, 4) is 11.5 Å². The summed E-state index contributed by atoms with van der Waals surface area (Å²) in [5, 5.41) is 7.02. The van der Waals surface area contributed by atoms with Crippen molar-refractivity contribution >= 4 is 58.0 Å². The minimum atomic E-state index is -0.619. The quantitative estimate of drug-likeness (QED) is 0.128. The van der Waals surface area contributed by atoms with Crippen molar-refractivity contribution in [2.24, 2.45) is 0 Å². The lowest BCUT2D eigenvalue weighted by atomic mass is 9.92. The molecule has 10 nitrogen and oxygen atoms in total. The zero-order valence-electron chi connectivity index (χ0n) is 34.1. The van der Waals surface area contributed by atoms with Crippen LogP contribution in [-0.4, -0.2) is 37.6 Å². The van der Waals surface area contributed by atoms with Gasteiger partial charge in [0, 0.05) is 40.0 Å². The third kappa shape index (κ3) is 9.50. The van der Waals surface area contributed by atoms with Gasteiger partial charge in [0.1, 0.15) is 23.7 Å². The standard InChI is InChI=1S/C47H48Cl2N2O8/c1-7-26-19-30(42(48)36(9-3)44(26)50-46(54)40-24-32(52)22-38(58-40)28-11-15-34(56-5)16-12-28)21-31-20-27(8-2)45(37(10-4)43(31)49)51-47(55)41-25-33(53)23-39(59-41)29-13-17-35(57-6)18-14-29/h11-20,24-25,38-39H,7-10,21-23H2,1-6H3,(H,50,54)(H,51,55)/t38-,39+. The second-order valence-corrected chi connectivity index (χ2v) is 15.1. The first-order chi connectivity index (χ1) is 28.4. The summed E-state index contributed by atoms with van der Waals surface area (Å²) in [5.74, 6) is -0.302. The van der Waals surface area contributed by atoms with Gasteiger partial charge in [-0.05, 0) is 94.5 Å². The van der Waals surface area contributed by atoms with E-state index in [-0.39, 0.29) is 35.9 Å². The molecule has 0 saturated heterocycles. The highest BCUT2D eigenvalue weighted by atomic mass is 35.5. The van der Waals surface area contributed by atoms with Crippen LogP contribution in [0.3, 0.4) is 0 Å². The third-order valence-electron chi connectivity index (χ3n) is 10.7. The fraction of sp³-hybridized carbons (Fsp3) is 0.319. The van der Waals surface area contributed by atoms with E-state index in [2.05, 4.69) is 10.6 Å². The van der Waals surface area contributed by atoms with Crippen LogP contribution in [0.2, 0.25) is 10.0 Å². The van der Waals surface area contributed by atoms with Gasteiger partial charge in [-0.3, -0.25) is 19.2 Å². The molecule has 0 bridgehead atoms. The Labute approximate surface area is 354 Å².